The van der Waals surface area contributed by atoms with Crippen LogP contribution in [0, 0.1) is 11.3 Å². The van der Waals surface area contributed by atoms with Crippen LogP contribution in [0.25, 0.3) is 0 Å². The molecule has 3 rings (SSSR count). The summed E-state index contributed by atoms with van der Waals surface area (Å²) in [5.74, 6) is 0. The van der Waals surface area contributed by atoms with E-state index in [1.54, 1.807) is 24.3 Å². The Morgan fingerprint density at radius 3 is 2.57 bits per heavy atom. The lowest BCUT2D eigenvalue weighted by atomic mass is 10.0. The van der Waals surface area contributed by atoms with E-state index in [0.29, 0.717) is 12.1 Å². The SMILES string of the molecule is N#Cc1ccc(CN2CCCc3ccc(S(N)(=O)=O)cc32)cc1. The topological polar surface area (TPSA) is 87.2 Å². The van der Waals surface area contributed by atoms with Crippen molar-refractivity contribution in [3.63, 3.8) is 0 Å². The summed E-state index contributed by atoms with van der Waals surface area (Å²) in [5, 5.41) is 14.1. The molecular weight excluding hydrogens is 310 g/mol. The maximum Gasteiger partial charge on any atom is 0.238 e. The van der Waals surface area contributed by atoms with E-state index in [-0.39, 0.29) is 4.90 Å². The van der Waals surface area contributed by atoms with Crippen molar-refractivity contribution in [2.24, 2.45) is 5.14 Å². The van der Waals surface area contributed by atoms with Gasteiger partial charge in [-0.2, -0.15) is 5.26 Å². The van der Waals surface area contributed by atoms with Gasteiger partial charge in [-0.15, -0.1) is 0 Å². The van der Waals surface area contributed by atoms with Crippen molar-refractivity contribution in [2.75, 3.05) is 11.4 Å². The van der Waals surface area contributed by atoms with E-state index in [0.717, 1.165) is 36.2 Å². The Kier molecular flexibility index (Phi) is 4.07. The third-order valence-corrected chi connectivity index (χ3v) is 4.97. The van der Waals surface area contributed by atoms with Crippen LogP contribution in [0.2, 0.25) is 0 Å². The van der Waals surface area contributed by atoms with E-state index in [1.165, 1.54) is 0 Å². The second kappa shape index (κ2) is 6.03. The first kappa shape index (κ1) is 15.5. The molecule has 1 heterocycles. The molecule has 0 bridgehead atoms. The van der Waals surface area contributed by atoms with Crippen LogP contribution < -0.4 is 10.0 Å². The number of primary sulfonamides is 1. The second-order valence-electron chi connectivity index (χ2n) is 5.67. The van der Waals surface area contributed by atoms with Crippen LogP contribution in [0.5, 0.6) is 0 Å². The first-order chi connectivity index (χ1) is 11.0. The minimum absolute atomic E-state index is 0.142. The molecule has 118 valence electrons. The molecule has 0 spiro atoms. The normalized spacial score (nSPS) is 14.2. The predicted molar refractivity (Wildman–Crippen MR) is 88.3 cm³/mol. The molecule has 0 saturated carbocycles. The summed E-state index contributed by atoms with van der Waals surface area (Å²) in [6.07, 6.45) is 1.96. The van der Waals surface area contributed by atoms with Gasteiger partial charge in [-0.05, 0) is 48.2 Å². The molecule has 0 amide bonds. The van der Waals surface area contributed by atoms with Crippen LogP contribution in [0.15, 0.2) is 47.4 Å². The lowest BCUT2D eigenvalue weighted by molar-refractivity contribution is 0.597. The fourth-order valence-electron chi connectivity index (χ4n) is 2.88. The Labute approximate surface area is 136 Å². The summed E-state index contributed by atoms with van der Waals surface area (Å²) in [4.78, 5) is 2.30. The second-order valence-corrected chi connectivity index (χ2v) is 7.23. The predicted octanol–water partition coefficient (Wildman–Crippen LogP) is 2.16. The molecule has 2 aromatic rings. The van der Waals surface area contributed by atoms with Crippen molar-refractivity contribution in [1.29, 1.82) is 5.26 Å². The monoisotopic (exact) mass is 327 g/mol. The molecule has 2 N–H and O–H groups in total. The Balaban J connectivity index is 1.92. The molecule has 0 aromatic heterocycles. The number of anilines is 1. The van der Waals surface area contributed by atoms with Crippen molar-refractivity contribution in [3.05, 3.63) is 59.2 Å². The highest BCUT2D eigenvalue weighted by Gasteiger charge is 2.20. The molecule has 1 aliphatic rings. The van der Waals surface area contributed by atoms with Crippen LogP contribution in [0.4, 0.5) is 5.69 Å². The number of nitrogens with two attached hydrogens (primary N) is 1. The lowest BCUT2D eigenvalue weighted by Crippen LogP contribution is -2.29. The molecule has 0 saturated heterocycles. The fraction of sp³-hybridized carbons (Fsp3) is 0.235. The summed E-state index contributed by atoms with van der Waals surface area (Å²) >= 11 is 0. The smallest absolute Gasteiger partial charge is 0.238 e. The van der Waals surface area contributed by atoms with Gasteiger partial charge in [-0.1, -0.05) is 18.2 Å². The van der Waals surface area contributed by atoms with E-state index in [9.17, 15) is 8.42 Å². The summed E-state index contributed by atoms with van der Waals surface area (Å²) < 4.78 is 23.2. The third-order valence-electron chi connectivity index (χ3n) is 4.06. The van der Waals surface area contributed by atoms with E-state index in [2.05, 4.69) is 11.0 Å². The largest absolute Gasteiger partial charge is 0.367 e. The number of fused-ring (bicyclic) bond motifs is 1. The number of hydrogen-bond donors (Lipinski definition) is 1. The molecule has 6 heteroatoms. The molecule has 2 aromatic carbocycles. The standard InChI is InChI=1S/C17H17N3O2S/c18-11-13-3-5-14(6-4-13)12-20-9-1-2-15-7-8-16(10-17(15)20)23(19,21)22/h3-8,10H,1-2,9,12H2,(H2,19,21,22). The molecule has 0 radical (unpaired) electrons. The minimum atomic E-state index is -3.70. The van der Waals surface area contributed by atoms with Crippen LogP contribution in [0.1, 0.15) is 23.1 Å². The van der Waals surface area contributed by atoms with Gasteiger partial charge in [0.15, 0.2) is 0 Å². The number of hydrogen-bond acceptors (Lipinski definition) is 4. The molecule has 0 aliphatic carbocycles. The highest BCUT2D eigenvalue weighted by Crippen LogP contribution is 2.30. The van der Waals surface area contributed by atoms with E-state index >= 15 is 0 Å². The van der Waals surface area contributed by atoms with Gasteiger partial charge >= 0.3 is 0 Å². The zero-order chi connectivity index (χ0) is 16.4. The molecule has 0 fully saturated rings. The van der Waals surface area contributed by atoms with Crippen molar-refractivity contribution in [1.82, 2.24) is 0 Å². The average molecular weight is 327 g/mol. The van der Waals surface area contributed by atoms with Crippen molar-refractivity contribution < 1.29 is 8.42 Å². The van der Waals surface area contributed by atoms with Crippen molar-refractivity contribution >= 4 is 15.7 Å². The van der Waals surface area contributed by atoms with Crippen molar-refractivity contribution in [3.8, 4) is 6.07 Å². The molecule has 0 unspecified atom stereocenters. The van der Waals surface area contributed by atoms with Crippen molar-refractivity contribution in [2.45, 2.75) is 24.3 Å². The summed E-state index contributed by atoms with van der Waals surface area (Å²) in [6.45, 7) is 1.54. The number of aryl methyl sites for hydroxylation is 1. The van der Waals surface area contributed by atoms with Gasteiger partial charge in [-0.25, -0.2) is 13.6 Å². The zero-order valence-electron chi connectivity index (χ0n) is 12.6. The number of benzene rings is 2. The maximum atomic E-state index is 11.6. The molecule has 0 atom stereocenters. The van der Waals surface area contributed by atoms with Gasteiger partial charge in [0, 0.05) is 18.8 Å². The first-order valence-corrected chi connectivity index (χ1v) is 8.92. The van der Waals surface area contributed by atoms with E-state index < -0.39 is 10.0 Å². The van der Waals surface area contributed by atoms with Gasteiger partial charge < -0.3 is 4.90 Å². The first-order valence-electron chi connectivity index (χ1n) is 7.37. The van der Waals surface area contributed by atoms with Crippen LogP contribution in [-0.4, -0.2) is 15.0 Å². The number of nitriles is 1. The quantitative estimate of drug-likeness (QED) is 0.936. The van der Waals surface area contributed by atoms with Gasteiger partial charge in [0.2, 0.25) is 10.0 Å². The van der Waals surface area contributed by atoms with Crippen LogP contribution in [0.3, 0.4) is 0 Å². The summed E-state index contributed by atoms with van der Waals surface area (Å²) in [6, 6.07) is 14.6. The van der Waals surface area contributed by atoms with Gasteiger partial charge in [-0.3, -0.25) is 0 Å². The van der Waals surface area contributed by atoms with Crippen LogP contribution >= 0.6 is 0 Å². The number of sulfonamides is 1. The van der Waals surface area contributed by atoms with Crippen LogP contribution in [-0.2, 0) is 23.0 Å². The average Bonchev–Trinajstić information content (AvgIpc) is 2.54. The molecule has 23 heavy (non-hydrogen) atoms. The summed E-state index contributed by atoms with van der Waals surface area (Å²) in [7, 11) is -3.70. The fourth-order valence-corrected chi connectivity index (χ4v) is 3.41. The van der Waals surface area contributed by atoms with E-state index in [1.807, 2.05) is 18.2 Å². The Morgan fingerprint density at radius 1 is 1.17 bits per heavy atom. The Morgan fingerprint density at radius 2 is 1.91 bits per heavy atom. The maximum absolute atomic E-state index is 11.6. The summed E-state index contributed by atoms with van der Waals surface area (Å²) in [5.41, 5.74) is 3.77. The highest BCUT2D eigenvalue weighted by molar-refractivity contribution is 7.89. The molecular formula is C17H17N3O2S. The van der Waals surface area contributed by atoms with Gasteiger partial charge in [0.1, 0.15) is 0 Å². The third kappa shape index (κ3) is 3.36. The molecule has 5 nitrogen and oxygen atoms in total. The Bertz CT molecular complexity index is 868. The number of rotatable bonds is 3. The van der Waals surface area contributed by atoms with E-state index in [4.69, 9.17) is 10.4 Å². The zero-order valence-corrected chi connectivity index (χ0v) is 13.4. The lowest BCUT2D eigenvalue weighted by Gasteiger charge is -2.31. The highest BCUT2D eigenvalue weighted by atomic mass is 32.2. The molecule has 1 aliphatic heterocycles. The Hall–Kier alpha value is -2.36. The minimum Gasteiger partial charge on any atom is -0.367 e. The van der Waals surface area contributed by atoms with Gasteiger partial charge in [0.25, 0.3) is 0 Å². The number of nitrogens with zero attached hydrogens (tertiary/aromatic N) is 2. The van der Waals surface area contributed by atoms with Gasteiger partial charge in [0.05, 0.1) is 16.5 Å².